The van der Waals surface area contributed by atoms with E-state index >= 15 is 0 Å². The average molecular weight is 282 g/mol. The molecular weight excluding hydrogens is 248 g/mol. The Bertz CT molecular complexity index is 292. The number of nitrogens with zero attached hydrogens (tertiary/aromatic N) is 1. The normalized spacial score (nSPS) is 28.5. The number of nitrogens with one attached hydrogen (secondary N) is 1. The van der Waals surface area contributed by atoms with Crippen molar-refractivity contribution in [2.75, 3.05) is 32.8 Å². The van der Waals surface area contributed by atoms with Crippen molar-refractivity contribution in [2.45, 2.75) is 71.4 Å². The summed E-state index contributed by atoms with van der Waals surface area (Å²) in [6.07, 6.45) is 7.43. The Balaban J connectivity index is 1.95. The van der Waals surface area contributed by atoms with Crippen LogP contribution in [0, 0.1) is 5.41 Å². The van der Waals surface area contributed by atoms with Crippen molar-refractivity contribution in [3.8, 4) is 0 Å². The van der Waals surface area contributed by atoms with Crippen molar-refractivity contribution < 1.29 is 4.74 Å². The van der Waals surface area contributed by atoms with E-state index in [0.29, 0.717) is 11.5 Å². The Morgan fingerprint density at radius 2 is 1.90 bits per heavy atom. The van der Waals surface area contributed by atoms with Gasteiger partial charge in [0.1, 0.15) is 0 Å². The number of ether oxygens (including phenoxy) is 1. The van der Waals surface area contributed by atoms with Crippen LogP contribution in [0.2, 0.25) is 0 Å². The maximum atomic E-state index is 5.69. The van der Waals surface area contributed by atoms with Gasteiger partial charge in [-0.05, 0) is 46.0 Å². The maximum Gasteiger partial charge on any atom is 0.0674 e. The highest BCUT2D eigenvalue weighted by Gasteiger charge is 2.35. The third-order valence-corrected chi connectivity index (χ3v) is 4.79. The molecule has 1 saturated heterocycles. The molecule has 1 heterocycles. The van der Waals surface area contributed by atoms with E-state index < -0.39 is 0 Å². The Morgan fingerprint density at radius 1 is 1.20 bits per heavy atom. The first-order chi connectivity index (χ1) is 9.39. The van der Waals surface area contributed by atoms with Crippen LogP contribution in [0.15, 0.2) is 0 Å². The van der Waals surface area contributed by atoms with Crippen LogP contribution in [0.4, 0.5) is 0 Å². The summed E-state index contributed by atoms with van der Waals surface area (Å²) in [6.45, 7) is 14.6. The lowest BCUT2D eigenvalue weighted by atomic mass is 9.73. The minimum Gasteiger partial charge on any atom is -0.376 e. The number of rotatable bonds is 4. The SMILES string of the molecule is CC1CN(CC2(CNC(C)(C)C)CCCCC2)CCO1. The van der Waals surface area contributed by atoms with Gasteiger partial charge in [-0.1, -0.05) is 19.3 Å². The van der Waals surface area contributed by atoms with Crippen molar-refractivity contribution in [3.63, 3.8) is 0 Å². The molecule has 3 heteroatoms. The second kappa shape index (κ2) is 6.76. The highest BCUT2D eigenvalue weighted by molar-refractivity contribution is 4.90. The Hall–Kier alpha value is -0.120. The van der Waals surface area contributed by atoms with Gasteiger partial charge in [-0.3, -0.25) is 4.90 Å². The molecule has 0 aromatic rings. The first-order valence-electron chi connectivity index (χ1n) is 8.48. The summed E-state index contributed by atoms with van der Waals surface area (Å²) in [4.78, 5) is 2.64. The van der Waals surface area contributed by atoms with Crippen LogP contribution in [0.5, 0.6) is 0 Å². The zero-order valence-electron chi connectivity index (χ0n) is 14.0. The first kappa shape index (κ1) is 16.3. The molecule has 1 aliphatic heterocycles. The topological polar surface area (TPSA) is 24.5 Å². The molecule has 118 valence electrons. The summed E-state index contributed by atoms with van der Waals surface area (Å²) in [5, 5.41) is 3.78. The van der Waals surface area contributed by atoms with E-state index in [2.05, 4.69) is 37.9 Å². The molecule has 0 amide bonds. The minimum absolute atomic E-state index is 0.225. The Kier molecular flexibility index (Phi) is 5.49. The predicted octanol–water partition coefficient (Wildman–Crippen LogP) is 3.05. The van der Waals surface area contributed by atoms with Gasteiger partial charge in [0.15, 0.2) is 0 Å². The molecule has 1 atom stereocenters. The van der Waals surface area contributed by atoms with E-state index in [0.717, 1.165) is 19.7 Å². The van der Waals surface area contributed by atoms with E-state index in [4.69, 9.17) is 4.74 Å². The molecule has 0 spiro atoms. The van der Waals surface area contributed by atoms with Crippen LogP contribution in [-0.4, -0.2) is 49.3 Å². The van der Waals surface area contributed by atoms with E-state index in [1.54, 1.807) is 0 Å². The molecule has 0 aromatic carbocycles. The lowest BCUT2D eigenvalue weighted by molar-refractivity contribution is -0.0375. The van der Waals surface area contributed by atoms with Gasteiger partial charge in [0, 0.05) is 31.7 Å². The highest BCUT2D eigenvalue weighted by atomic mass is 16.5. The van der Waals surface area contributed by atoms with Gasteiger partial charge in [-0.15, -0.1) is 0 Å². The molecule has 20 heavy (non-hydrogen) atoms. The van der Waals surface area contributed by atoms with E-state index in [-0.39, 0.29) is 5.54 Å². The zero-order chi connectivity index (χ0) is 14.6. The second-order valence-electron chi connectivity index (χ2n) is 8.08. The van der Waals surface area contributed by atoms with Gasteiger partial charge in [-0.2, -0.15) is 0 Å². The van der Waals surface area contributed by atoms with Crippen molar-refractivity contribution in [2.24, 2.45) is 5.41 Å². The standard InChI is InChI=1S/C17H34N2O/c1-15-12-19(10-11-20-15)14-17(8-6-5-7-9-17)13-18-16(2,3)4/h15,18H,5-14H2,1-4H3. The van der Waals surface area contributed by atoms with Gasteiger partial charge in [0.25, 0.3) is 0 Å². The van der Waals surface area contributed by atoms with E-state index in [1.807, 2.05) is 0 Å². The molecule has 1 unspecified atom stereocenters. The molecule has 1 N–H and O–H groups in total. The van der Waals surface area contributed by atoms with Gasteiger partial charge < -0.3 is 10.1 Å². The summed E-state index contributed by atoms with van der Waals surface area (Å²) in [7, 11) is 0. The molecule has 2 aliphatic rings. The fourth-order valence-electron chi connectivity index (χ4n) is 3.65. The molecule has 2 fully saturated rings. The minimum atomic E-state index is 0.225. The zero-order valence-corrected chi connectivity index (χ0v) is 14.0. The van der Waals surface area contributed by atoms with Crippen molar-refractivity contribution >= 4 is 0 Å². The third-order valence-electron chi connectivity index (χ3n) is 4.79. The van der Waals surface area contributed by atoms with Crippen LogP contribution in [0.1, 0.15) is 59.8 Å². The monoisotopic (exact) mass is 282 g/mol. The smallest absolute Gasteiger partial charge is 0.0674 e. The van der Waals surface area contributed by atoms with Gasteiger partial charge in [0.05, 0.1) is 12.7 Å². The third kappa shape index (κ3) is 5.01. The highest BCUT2D eigenvalue weighted by Crippen LogP contribution is 2.37. The van der Waals surface area contributed by atoms with Crippen molar-refractivity contribution in [1.29, 1.82) is 0 Å². The van der Waals surface area contributed by atoms with Gasteiger partial charge >= 0.3 is 0 Å². The molecule has 1 saturated carbocycles. The lowest BCUT2D eigenvalue weighted by Gasteiger charge is -2.44. The first-order valence-corrected chi connectivity index (χ1v) is 8.48. The summed E-state index contributed by atoms with van der Waals surface area (Å²) < 4.78 is 5.69. The predicted molar refractivity (Wildman–Crippen MR) is 85.1 cm³/mol. The number of hydrogen-bond acceptors (Lipinski definition) is 3. The largest absolute Gasteiger partial charge is 0.376 e. The van der Waals surface area contributed by atoms with E-state index in [1.165, 1.54) is 45.2 Å². The van der Waals surface area contributed by atoms with Crippen LogP contribution in [0.25, 0.3) is 0 Å². The number of morpholine rings is 1. The summed E-state index contributed by atoms with van der Waals surface area (Å²) >= 11 is 0. The van der Waals surface area contributed by atoms with Crippen LogP contribution in [-0.2, 0) is 4.74 Å². The summed E-state index contributed by atoms with van der Waals surface area (Å²) in [5.41, 5.74) is 0.714. The Morgan fingerprint density at radius 3 is 2.50 bits per heavy atom. The van der Waals surface area contributed by atoms with E-state index in [9.17, 15) is 0 Å². The van der Waals surface area contributed by atoms with Crippen molar-refractivity contribution in [3.05, 3.63) is 0 Å². The fourth-order valence-corrected chi connectivity index (χ4v) is 3.65. The summed E-state index contributed by atoms with van der Waals surface area (Å²) in [5.74, 6) is 0. The van der Waals surface area contributed by atoms with Crippen LogP contribution >= 0.6 is 0 Å². The molecule has 0 aromatic heterocycles. The molecule has 3 nitrogen and oxygen atoms in total. The molecule has 1 aliphatic carbocycles. The molecular formula is C17H34N2O. The number of hydrogen-bond donors (Lipinski definition) is 1. The summed E-state index contributed by atoms with van der Waals surface area (Å²) in [6, 6.07) is 0. The maximum absolute atomic E-state index is 5.69. The lowest BCUT2D eigenvalue weighted by Crippen LogP contribution is -2.52. The molecule has 0 radical (unpaired) electrons. The van der Waals surface area contributed by atoms with Gasteiger partial charge in [-0.25, -0.2) is 0 Å². The quantitative estimate of drug-likeness (QED) is 0.858. The van der Waals surface area contributed by atoms with Crippen LogP contribution < -0.4 is 5.32 Å². The van der Waals surface area contributed by atoms with Gasteiger partial charge in [0.2, 0.25) is 0 Å². The van der Waals surface area contributed by atoms with Crippen molar-refractivity contribution in [1.82, 2.24) is 10.2 Å². The fraction of sp³-hybridized carbons (Fsp3) is 1.00. The molecule has 2 rings (SSSR count). The molecule has 0 bridgehead atoms. The second-order valence-corrected chi connectivity index (χ2v) is 8.08. The average Bonchev–Trinajstić information content (AvgIpc) is 2.37. The van der Waals surface area contributed by atoms with Crippen LogP contribution in [0.3, 0.4) is 0 Å². The Labute approximate surface area is 125 Å².